The van der Waals surface area contributed by atoms with Crippen molar-refractivity contribution in [2.45, 2.75) is 32.4 Å². The second-order valence-corrected chi connectivity index (χ2v) is 5.49. The average molecular weight is 275 g/mol. The molecule has 0 heterocycles. The fourth-order valence-electron chi connectivity index (χ4n) is 1.92. The van der Waals surface area contributed by atoms with Crippen molar-refractivity contribution < 1.29 is 14.3 Å². The molecule has 3 nitrogen and oxygen atoms in total. The van der Waals surface area contributed by atoms with Crippen molar-refractivity contribution in [1.82, 2.24) is 5.32 Å². The smallest absolute Gasteiger partial charge is 0.252 e. The van der Waals surface area contributed by atoms with E-state index in [1.165, 1.54) is 12.1 Å². The highest BCUT2D eigenvalue weighted by Crippen LogP contribution is 2.22. The molecule has 0 saturated heterocycles. The van der Waals surface area contributed by atoms with Crippen LogP contribution in [0.3, 0.4) is 0 Å². The maximum atomic E-state index is 13.7. The van der Waals surface area contributed by atoms with Gasteiger partial charge in [-0.05, 0) is 38.3 Å². The van der Waals surface area contributed by atoms with E-state index in [0.29, 0.717) is 16.3 Å². The Morgan fingerprint density at radius 2 is 1.80 bits per heavy atom. The average Bonchev–Trinajstić information content (AvgIpc) is 2.38. The molecular weight excluding hydrogens is 257 g/mol. The fourth-order valence-corrected chi connectivity index (χ4v) is 1.92. The number of halogens is 1. The maximum absolute atomic E-state index is 13.7. The molecule has 1 unspecified atom stereocenters. The predicted molar refractivity (Wildman–Crippen MR) is 77.1 cm³/mol. The molecule has 2 rings (SSSR count). The van der Waals surface area contributed by atoms with Gasteiger partial charge in [-0.25, -0.2) is 4.39 Å². The van der Waals surface area contributed by atoms with Crippen LogP contribution in [0.4, 0.5) is 4.39 Å². The van der Waals surface area contributed by atoms with E-state index in [-0.39, 0.29) is 11.7 Å². The molecule has 2 aromatic rings. The van der Waals surface area contributed by atoms with Crippen LogP contribution in [-0.4, -0.2) is 22.7 Å². The van der Waals surface area contributed by atoms with Crippen LogP contribution in [0.2, 0.25) is 0 Å². The zero-order chi connectivity index (χ0) is 14.9. The largest absolute Gasteiger partial charge is 0.391 e. The highest BCUT2D eigenvalue weighted by Gasteiger charge is 2.27. The van der Waals surface area contributed by atoms with Crippen molar-refractivity contribution in [1.29, 1.82) is 0 Å². The summed E-state index contributed by atoms with van der Waals surface area (Å²) in [4.78, 5) is 12.3. The minimum atomic E-state index is -0.757. The summed E-state index contributed by atoms with van der Waals surface area (Å²) >= 11 is 0. The Labute approximate surface area is 117 Å². The third-order valence-electron chi connectivity index (χ3n) is 3.60. The van der Waals surface area contributed by atoms with Crippen LogP contribution in [0.25, 0.3) is 10.8 Å². The van der Waals surface area contributed by atoms with Gasteiger partial charge in [-0.2, -0.15) is 0 Å². The van der Waals surface area contributed by atoms with Gasteiger partial charge in [0.1, 0.15) is 5.82 Å². The number of benzene rings is 2. The molecule has 20 heavy (non-hydrogen) atoms. The third kappa shape index (κ3) is 2.65. The Morgan fingerprint density at radius 1 is 1.20 bits per heavy atom. The number of fused-ring (bicyclic) bond motifs is 1. The summed E-state index contributed by atoms with van der Waals surface area (Å²) in [5, 5.41) is 13.4. The van der Waals surface area contributed by atoms with E-state index in [4.69, 9.17) is 0 Å². The number of hydrogen-bond acceptors (Lipinski definition) is 2. The number of carbonyl (C=O) groups excluding carboxylic acids is 1. The molecule has 0 radical (unpaired) electrons. The number of nitrogens with one attached hydrogen (secondary N) is 1. The molecule has 0 aliphatic carbocycles. The van der Waals surface area contributed by atoms with E-state index in [1.54, 1.807) is 45.0 Å². The van der Waals surface area contributed by atoms with Gasteiger partial charge < -0.3 is 10.4 Å². The Balaban J connectivity index is 2.44. The lowest BCUT2D eigenvalue weighted by Gasteiger charge is -2.29. The summed E-state index contributed by atoms with van der Waals surface area (Å²) < 4.78 is 13.7. The van der Waals surface area contributed by atoms with Gasteiger partial charge in [0.15, 0.2) is 0 Å². The Bertz CT molecular complexity index is 650. The monoisotopic (exact) mass is 275 g/mol. The van der Waals surface area contributed by atoms with Crippen molar-refractivity contribution in [3.05, 3.63) is 47.8 Å². The third-order valence-corrected chi connectivity index (χ3v) is 3.60. The highest BCUT2D eigenvalue weighted by atomic mass is 19.1. The van der Waals surface area contributed by atoms with Crippen molar-refractivity contribution >= 4 is 16.7 Å². The molecule has 0 aromatic heterocycles. The number of aliphatic hydroxyl groups excluding tert-OH is 1. The summed E-state index contributed by atoms with van der Waals surface area (Å²) in [6.45, 7) is 5.09. The fraction of sp³-hybridized carbons (Fsp3) is 0.312. The van der Waals surface area contributed by atoms with E-state index in [1.807, 2.05) is 0 Å². The number of carbonyl (C=O) groups is 1. The van der Waals surface area contributed by atoms with Crippen LogP contribution < -0.4 is 5.32 Å². The SMILES string of the molecule is CC(O)C(C)(C)NC(=O)c1ccc(F)c2ccccc12. The highest BCUT2D eigenvalue weighted by molar-refractivity contribution is 6.07. The van der Waals surface area contributed by atoms with Gasteiger partial charge in [0, 0.05) is 10.9 Å². The maximum Gasteiger partial charge on any atom is 0.252 e. The Hall–Kier alpha value is -1.94. The molecule has 0 spiro atoms. The number of amides is 1. The molecule has 0 saturated carbocycles. The molecule has 2 aromatic carbocycles. The second-order valence-electron chi connectivity index (χ2n) is 5.49. The number of aliphatic hydroxyl groups is 1. The van der Waals surface area contributed by atoms with E-state index in [9.17, 15) is 14.3 Å². The first kappa shape index (κ1) is 14.5. The Kier molecular flexibility index (Phi) is 3.77. The van der Waals surface area contributed by atoms with E-state index >= 15 is 0 Å². The van der Waals surface area contributed by atoms with E-state index in [2.05, 4.69) is 5.32 Å². The van der Waals surface area contributed by atoms with Gasteiger partial charge in [0.25, 0.3) is 5.91 Å². The quantitative estimate of drug-likeness (QED) is 0.905. The number of rotatable bonds is 3. The van der Waals surface area contributed by atoms with Crippen LogP contribution in [0.1, 0.15) is 31.1 Å². The van der Waals surface area contributed by atoms with Gasteiger partial charge in [0.2, 0.25) is 0 Å². The lowest BCUT2D eigenvalue weighted by molar-refractivity contribution is 0.0710. The lowest BCUT2D eigenvalue weighted by atomic mass is 9.97. The summed E-state index contributed by atoms with van der Waals surface area (Å²) in [5.41, 5.74) is -0.359. The van der Waals surface area contributed by atoms with Gasteiger partial charge >= 0.3 is 0 Å². The standard InChI is InChI=1S/C16H18FNO2/c1-10(19)16(2,3)18-15(20)13-8-9-14(17)12-7-5-4-6-11(12)13/h4-10,19H,1-3H3,(H,18,20). The molecule has 0 bridgehead atoms. The van der Waals surface area contributed by atoms with Gasteiger partial charge in [-0.3, -0.25) is 4.79 Å². The summed E-state index contributed by atoms with van der Waals surface area (Å²) in [7, 11) is 0. The molecule has 0 fully saturated rings. The molecule has 4 heteroatoms. The van der Waals surface area contributed by atoms with E-state index in [0.717, 1.165) is 0 Å². The summed E-state index contributed by atoms with van der Waals surface area (Å²) in [6, 6.07) is 9.59. The zero-order valence-electron chi connectivity index (χ0n) is 11.8. The molecule has 106 valence electrons. The zero-order valence-corrected chi connectivity index (χ0v) is 11.8. The molecule has 2 N–H and O–H groups in total. The van der Waals surface area contributed by atoms with Crippen molar-refractivity contribution in [2.75, 3.05) is 0 Å². The van der Waals surface area contributed by atoms with Crippen molar-refractivity contribution in [3.63, 3.8) is 0 Å². The predicted octanol–water partition coefficient (Wildman–Crippen LogP) is 2.87. The van der Waals surface area contributed by atoms with Crippen LogP contribution in [-0.2, 0) is 0 Å². The summed E-state index contributed by atoms with van der Waals surface area (Å²) in [5.74, 6) is -0.681. The van der Waals surface area contributed by atoms with Gasteiger partial charge in [0.05, 0.1) is 11.6 Å². The first-order chi connectivity index (χ1) is 9.33. The Morgan fingerprint density at radius 3 is 2.40 bits per heavy atom. The minimum absolute atomic E-state index is 0.327. The van der Waals surface area contributed by atoms with Crippen LogP contribution in [0.15, 0.2) is 36.4 Å². The minimum Gasteiger partial charge on any atom is -0.391 e. The first-order valence-electron chi connectivity index (χ1n) is 6.51. The first-order valence-corrected chi connectivity index (χ1v) is 6.51. The van der Waals surface area contributed by atoms with Crippen LogP contribution in [0.5, 0.6) is 0 Å². The molecule has 0 aliphatic rings. The molecule has 0 aliphatic heterocycles. The molecular formula is C16H18FNO2. The van der Waals surface area contributed by atoms with Crippen LogP contribution in [0, 0.1) is 5.82 Å². The van der Waals surface area contributed by atoms with Crippen molar-refractivity contribution in [3.8, 4) is 0 Å². The van der Waals surface area contributed by atoms with E-state index < -0.39 is 11.6 Å². The van der Waals surface area contributed by atoms with Gasteiger partial charge in [-0.1, -0.05) is 24.3 Å². The normalized spacial score (nSPS) is 13.2. The topological polar surface area (TPSA) is 49.3 Å². The molecule has 1 atom stereocenters. The number of hydrogen-bond donors (Lipinski definition) is 2. The second kappa shape index (κ2) is 5.21. The lowest BCUT2D eigenvalue weighted by Crippen LogP contribution is -2.51. The molecule has 1 amide bonds. The van der Waals surface area contributed by atoms with Gasteiger partial charge in [-0.15, -0.1) is 0 Å². The summed E-state index contributed by atoms with van der Waals surface area (Å²) in [6.07, 6.45) is -0.696. The van der Waals surface area contributed by atoms with Crippen molar-refractivity contribution in [2.24, 2.45) is 0 Å². The van der Waals surface area contributed by atoms with Crippen LogP contribution >= 0.6 is 0 Å².